The Morgan fingerprint density at radius 1 is 1.29 bits per heavy atom. The van der Waals surface area contributed by atoms with Crippen LogP contribution in [0.15, 0.2) is 0 Å². The van der Waals surface area contributed by atoms with Crippen LogP contribution in [0.1, 0.15) is 71.1 Å². The van der Waals surface area contributed by atoms with Crippen molar-refractivity contribution in [3.63, 3.8) is 0 Å². The third-order valence-electron chi connectivity index (χ3n) is 6.02. The Labute approximate surface area is 127 Å². The molecule has 3 aliphatic rings. The van der Waals surface area contributed by atoms with Crippen molar-refractivity contribution >= 4 is 5.97 Å². The molecule has 2 unspecified atom stereocenters. The van der Waals surface area contributed by atoms with Gasteiger partial charge in [0.2, 0.25) is 0 Å². The van der Waals surface area contributed by atoms with Crippen molar-refractivity contribution in [3.05, 3.63) is 0 Å². The summed E-state index contributed by atoms with van der Waals surface area (Å²) in [6, 6.07) is 0.405. The van der Waals surface area contributed by atoms with Crippen LogP contribution in [0.3, 0.4) is 0 Å². The molecule has 1 spiro atoms. The number of aliphatic carboxylic acids is 1. The van der Waals surface area contributed by atoms with Crippen LogP contribution in [-0.4, -0.2) is 46.3 Å². The van der Waals surface area contributed by atoms with Crippen molar-refractivity contribution in [3.8, 4) is 0 Å². The normalized spacial score (nSPS) is 36.3. The van der Waals surface area contributed by atoms with E-state index in [1.54, 1.807) is 0 Å². The van der Waals surface area contributed by atoms with Crippen molar-refractivity contribution in [1.82, 2.24) is 4.90 Å². The van der Waals surface area contributed by atoms with Crippen LogP contribution in [0.25, 0.3) is 0 Å². The molecule has 120 valence electrons. The highest BCUT2D eigenvalue weighted by molar-refractivity contribution is 5.79. The van der Waals surface area contributed by atoms with Gasteiger partial charge in [0, 0.05) is 12.6 Å². The van der Waals surface area contributed by atoms with Gasteiger partial charge in [-0.1, -0.05) is 26.2 Å². The Morgan fingerprint density at radius 2 is 2.05 bits per heavy atom. The number of hydrogen-bond acceptors (Lipinski definition) is 3. The molecule has 2 heterocycles. The van der Waals surface area contributed by atoms with E-state index in [0.717, 1.165) is 51.7 Å². The van der Waals surface area contributed by atoms with Gasteiger partial charge in [0.15, 0.2) is 0 Å². The smallest absolute Gasteiger partial charge is 0.324 e. The third kappa shape index (κ3) is 2.61. The molecule has 1 saturated carbocycles. The summed E-state index contributed by atoms with van der Waals surface area (Å²) in [5.74, 6) is -0.603. The van der Waals surface area contributed by atoms with Gasteiger partial charge in [-0.2, -0.15) is 0 Å². The highest BCUT2D eigenvalue weighted by Crippen LogP contribution is 2.45. The number of carboxylic acids is 1. The van der Waals surface area contributed by atoms with Crippen LogP contribution in [0.2, 0.25) is 0 Å². The fraction of sp³-hybridized carbons (Fsp3) is 0.941. The predicted octanol–water partition coefficient (Wildman–Crippen LogP) is 3.20. The molecule has 21 heavy (non-hydrogen) atoms. The second kappa shape index (κ2) is 5.88. The highest BCUT2D eigenvalue weighted by Gasteiger charge is 2.52. The first-order valence-electron chi connectivity index (χ1n) is 8.76. The maximum absolute atomic E-state index is 12.0. The fourth-order valence-electron chi connectivity index (χ4n) is 5.09. The maximum atomic E-state index is 12.0. The van der Waals surface area contributed by atoms with Gasteiger partial charge >= 0.3 is 5.97 Å². The van der Waals surface area contributed by atoms with E-state index in [2.05, 4.69) is 11.8 Å². The predicted molar refractivity (Wildman–Crippen MR) is 81.4 cm³/mol. The lowest BCUT2D eigenvalue weighted by Gasteiger charge is -2.46. The van der Waals surface area contributed by atoms with Crippen molar-refractivity contribution < 1.29 is 14.6 Å². The molecule has 3 rings (SSSR count). The van der Waals surface area contributed by atoms with Crippen molar-refractivity contribution in [1.29, 1.82) is 0 Å². The molecule has 0 amide bonds. The highest BCUT2D eigenvalue weighted by atomic mass is 16.5. The molecular weight excluding hydrogens is 266 g/mol. The number of hydrogen-bond donors (Lipinski definition) is 1. The molecule has 4 nitrogen and oxygen atoms in total. The van der Waals surface area contributed by atoms with Gasteiger partial charge in [-0.05, 0) is 51.5 Å². The van der Waals surface area contributed by atoms with Crippen molar-refractivity contribution in [2.45, 2.75) is 88.3 Å². The molecule has 0 aromatic heterocycles. The maximum Gasteiger partial charge on any atom is 0.324 e. The Kier molecular flexibility index (Phi) is 4.28. The van der Waals surface area contributed by atoms with E-state index in [-0.39, 0.29) is 5.60 Å². The summed E-state index contributed by atoms with van der Waals surface area (Å²) in [6.45, 7) is 3.86. The Hall–Kier alpha value is -0.610. The minimum Gasteiger partial charge on any atom is -0.480 e. The molecule has 4 heteroatoms. The first-order valence-corrected chi connectivity index (χ1v) is 8.76. The zero-order chi connectivity index (χ0) is 14.9. The summed E-state index contributed by atoms with van der Waals surface area (Å²) >= 11 is 0. The zero-order valence-electron chi connectivity index (χ0n) is 13.3. The number of rotatable bonds is 4. The summed E-state index contributed by atoms with van der Waals surface area (Å²) in [4.78, 5) is 14.4. The second-order valence-electron chi connectivity index (χ2n) is 7.27. The second-order valence-corrected chi connectivity index (χ2v) is 7.27. The molecule has 3 fully saturated rings. The number of carboxylic acid groups (broad SMARTS) is 1. The standard InChI is InChI=1S/C17H29NO3/c1-2-7-17(15(19)20)10-5-11-18(17)14-6-12-21-16(13-14)8-3-4-9-16/h14H,2-13H2,1H3,(H,19,20). The molecule has 0 bridgehead atoms. The lowest BCUT2D eigenvalue weighted by Crippen LogP contribution is -2.58. The largest absolute Gasteiger partial charge is 0.480 e. The molecule has 0 aromatic carbocycles. The van der Waals surface area contributed by atoms with Gasteiger partial charge in [-0.25, -0.2) is 0 Å². The summed E-state index contributed by atoms with van der Waals surface area (Å²) in [6.07, 6.45) is 10.5. The summed E-state index contributed by atoms with van der Waals surface area (Å²) < 4.78 is 6.13. The van der Waals surface area contributed by atoms with Crippen LogP contribution in [0.5, 0.6) is 0 Å². The van der Waals surface area contributed by atoms with Gasteiger partial charge in [0.25, 0.3) is 0 Å². The van der Waals surface area contributed by atoms with Crippen molar-refractivity contribution in [2.24, 2.45) is 0 Å². The molecule has 0 radical (unpaired) electrons. The molecule has 2 saturated heterocycles. The molecule has 1 aliphatic carbocycles. The topological polar surface area (TPSA) is 49.8 Å². The van der Waals surface area contributed by atoms with E-state index in [1.165, 1.54) is 25.7 Å². The van der Waals surface area contributed by atoms with Gasteiger partial charge in [0.05, 0.1) is 5.60 Å². The van der Waals surface area contributed by atoms with E-state index in [1.807, 2.05) is 0 Å². The first kappa shape index (κ1) is 15.3. The molecule has 2 atom stereocenters. The fourth-order valence-corrected chi connectivity index (χ4v) is 5.09. The first-order chi connectivity index (χ1) is 10.1. The van der Waals surface area contributed by atoms with Gasteiger partial charge in [0.1, 0.15) is 5.54 Å². The molecule has 2 aliphatic heterocycles. The average molecular weight is 295 g/mol. The monoisotopic (exact) mass is 295 g/mol. The summed E-state index contributed by atoms with van der Waals surface area (Å²) in [7, 11) is 0. The Balaban J connectivity index is 1.79. The lowest BCUT2D eigenvalue weighted by molar-refractivity contribution is -0.157. The van der Waals surface area contributed by atoms with Crippen LogP contribution in [0.4, 0.5) is 0 Å². The van der Waals surface area contributed by atoms with E-state index < -0.39 is 11.5 Å². The van der Waals surface area contributed by atoms with Gasteiger partial charge in [-0.3, -0.25) is 9.69 Å². The van der Waals surface area contributed by atoms with E-state index >= 15 is 0 Å². The third-order valence-corrected chi connectivity index (χ3v) is 6.02. The Bertz CT molecular complexity index is 391. The SMILES string of the molecule is CCCC1(C(=O)O)CCCN1C1CCOC2(CCCC2)C1. The number of carbonyl (C=O) groups is 1. The van der Waals surface area contributed by atoms with Crippen LogP contribution < -0.4 is 0 Å². The van der Waals surface area contributed by atoms with E-state index in [0.29, 0.717) is 6.04 Å². The molecule has 0 aromatic rings. The van der Waals surface area contributed by atoms with Crippen LogP contribution in [0, 0.1) is 0 Å². The zero-order valence-corrected chi connectivity index (χ0v) is 13.3. The number of ether oxygens (including phenoxy) is 1. The Morgan fingerprint density at radius 3 is 2.71 bits per heavy atom. The quantitative estimate of drug-likeness (QED) is 0.865. The molecule has 1 N–H and O–H groups in total. The summed E-state index contributed by atoms with van der Waals surface area (Å²) in [5.41, 5.74) is -0.529. The number of likely N-dealkylation sites (tertiary alicyclic amines) is 1. The summed E-state index contributed by atoms with van der Waals surface area (Å²) in [5, 5.41) is 9.88. The minimum absolute atomic E-state index is 0.0714. The lowest BCUT2D eigenvalue weighted by atomic mass is 9.84. The van der Waals surface area contributed by atoms with Gasteiger partial charge < -0.3 is 9.84 Å². The van der Waals surface area contributed by atoms with E-state index in [4.69, 9.17) is 4.74 Å². The number of nitrogens with zero attached hydrogens (tertiary/aromatic N) is 1. The van der Waals surface area contributed by atoms with Crippen LogP contribution >= 0.6 is 0 Å². The van der Waals surface area contributed by atoms with Crippen molar-refractivity contribution in [2.75, 3.05) is 13.2 Å². The van der Waals surface area contributed by atoms with E-state index in [9.17, 15) is 9.90 Å². The van der Waals surface area contributed by atoms with Gasteiger partial charge in [-0.15, -0.1) is 0 Å². The molecular formula is C17H29NO3. The van der Waals surface area contributed by atoms with Crippen LogP contribution in [-0.2, 0) is 9.53 Å². The average Bonchev–Trinajstić information content (AvgIpc) is 3.08. The minimum atomic E-state index is -0.603.